The van der Waals surface area contributed by atoms with Crippen molar-refractivity contribution in [3.05, 3.63) is 72.1 Å². The molecule has 1 aromatic heterocycles. The summed E-state index contributed by atoms with van der Waals surface area (Å²) in [7, 11) is 0. The molecular weight excluding hydrogens is 402 g/mol. The lowest BCUT2D eigenvalue weighted by atomic mass is 10.2. The Morgan fingerprint density at radius 3 is 2.68 bits per heavy atom. The number of hydrogen-bond acceptors (Lipinski definition) is 5. The average Bonchev–Trinajstić information content (AvgIpc) is 3.36. The Bertz CT molecular complexity index is 997. The van der Waals surface area contributed by atoms with Crippen molar-refractivity contribution in [2.75, 3.05) is 18.1 Å². The van der Waals surface area contributed by atoms with Gasteiger partial charge < -0.3 is 4.90 Å². The van der Waals surface area contributed by atoms with Crippen LogP contribution in [-0.4, -0.2) is 43.6 Å². The fraction of sp³-hybridized carbons (Fsp3) is 0.211. The van der Waals surface area contributed by atoms with Crippen LogP contribution in [0.3, 0.4) is 0 Å². The van der Waals surface area contributed by atoms with Crippen LogP contribution in [0.2, 0.25) is 0 Å². The molecule has 1 amide bonds. The molecule has 0 bridgehead atoms. The van der Waals surface area contributed by atoms with E-state index in [-0.39, 0.29) is 22.9 Å². The van der Waals surface area contributed by atoms with Gasteiger partial charge in [-0.25, -0.2) is 8.78 Å². The topological polar surface area (TPSA) is 51.0 Å². The number of hydrogen-bond donors (Lipinski definition) is 0. The van der Waals surface area contributed by atoms with Gasteiger partial charge in [0.25, 0.3) is 0 Å². The SMILES string of the molecule is O=C(CSc1nncn1-c1ccccc1F)N1CCS[C@H]1c1ccccc1F. The van der Waals surface area contributed by atoms with E-state index < -0.39 is 5.82 Å². The third kappa shape index (κ3) is 3.77. The van der Waals surface area contributed by atoms with E-state index in [9.17, 15) is 13.6 Å². The molecular formula is C19H16F2N4OS2. The highest BCUT2D eigenvalue weighted by atomic mass is 32.2. The van der Waals surface area contributed by atoms with Crippen LogP contribution in [0.5, 0.6) is 0 Å². The lowest BCUT2D eigenvalue weighted by Crippen LogP contribution is -2.32. The maximum atomic E-state index is 14.2. The van der Waals surface area contributed by atoms with Crippen molar-refractivity contribution in [2.45, 2.75) is 10.5 Å². The number of halogens is 2. The smallest absolute Gasteiger partial charge is 0.234 e. The Balaban J connectivity index is 1.48. The number of thioether (sulfide) groups is 2. The maximum absolute atomic E-state index is 14.2. The van der Waals surface area contributed by atoms with E-state index in [2.05, 4.69) is 10.2 Å². The van der Waals surface area contributed by atoms with Crippen molar-refractivity contribution < 1.29 is 13.6 Å². The van der Waals surface area contributed by atoms with Gasteiger partial charge in [-0.1, -0.05) is 42.1 Å². The normalized spacial score (nSPS) is 16.5. The Hall–Kier alpha value is -2.39. The Labute approximate surface area is 169 Å². The first-order valence-corrected chi connectivity index (χ1v) is 10.6. The number of aromatic nitrogens is 3. The number of benzene rings is 2. The van der Waals surface area contributed by atoms with Crippen LogP contribution in [0, 0.1) is 11.6 Å². The lowest BCUT2D eigenvalue weighted by Gasteiger charge is -2.24. The first-order chi connectivity index (χ1) is 13.6. The second-order valence-corrected chi connectivity index (χ2v) is 8.19. The van der Waals surface area contributed by atoms with Crippen molar-refractivity contribution in [3.8, 4) is 5.69 Å². The van der Waals surface area contributed by atoms with E-state index in [1.165, 1.54) is 34.8 Å². The van der Waals surface area contributed by atoms with Crippen LogP contribution >= 0.6 is 23.5 Å². The zero-order chi connectivity index (χ0) is 19.5. The molecule has 4 rings (SSSR count). The molecule has 1 fully saturated rings. The highest BCUT2D eigenvalue weighted by molar-refractivity contribution is 8.00. The minimum atomic E-state index is -0.397. The van der Waals surface area contributed by atoms with Gasteiger partial charge in [0, 0.05) is 17.9 Å². The number of carbonyl (C=O) groups excluding carboxylic acids is 1. The van der Waals surface area contributed by atoms with Crippen LogP contribution in [0.25, 0.3) is 5.69 Å². The van der Waals surface area contributed by atoms with Crippen LogP contribution in [0.15, 0.2) is 60.0 Å². The van der Waals surface area contributed by atoms with Crippen molar-refractivity contribution >= 4 is 29.4 Å². The fourth-order valence-electron chi connectivity index (χ4n) is 3.00. The molecule has 1 atom stereocenters. The first kappa shape index (κ1) is 18.9. The minimum Gasteiger partial charge on any atom is -0.325 e. The van der Waals surface area contributed by atoms with E-state index >= 15 is 0 Å². The Morgan fingerprint density at radius 1 is 1.14 bits per heavy atom. The molecule has 2 heterocycles. The summed E-state index contributed by atoms with van der Waals surface area (Å²) in [6.45, 7) is 0.559. The van der Waals surface area contributed by atoms with Gasteiger partial charge in [0.2, 0.25) is 5.91 Å². The van der Waals surface area contributed by atoms with Gasteiger partial charge in [0.05, 0.1) is 11.4 Å². The van der Waals surface area contributed by atoms with Crippen molar-refractivity contribution in [3.63, 3.8) is 0 Å². The molecule has 0 unspecified atom stereocenters. The van der Waals surface area contributed by atoms with Crippen LogP contribution < -0.4 is 0 Å². The summed E-state index contributed by atoms with van der Waals surface area (Å²) in [6, 6.07) is 12.8. The number of carbonyl (C=O) groups is 1. The number of nitrogens with zero attached hydrogens (tertiary/aromatic N) is 4. The second-order valence-electron chi connectivity index (χ2n) is 6.06. The molecule has 1 aliphatic rings. The van der Waals surface area contributed by atoms with Gasteiger partial charge in [0.15, 0.2) is 5.16 Å². The summed E-state index contributed by atoms with van der Waals surface area (Å²) in [6.07, 6.45) is 1.42. The molecule has 0 saturated carbocycles. The van der Waals surface area contributed by atoms with Crippen molar-refractivity contribution in [1.29, 1.82) is 0 Å². The highest BCUT2D eigenvalue weighted by Crippen LogP contribution is 2.39. The maximum Gasteiger partial charge on any atom is 0.234 e. The molecule has 0 radical (unpaired) electrons. The third-order valence-corrected chi connectivity index (χ3v) is 6.51. The predicted octanol–water partition coefficient (Wildman–Crippen LogP) is 3.91. The van der Waals surface area contributed by atoms with E-state index in [1.807, 2.05) is 0 Å². The first-order valence-electron chi connectivity index (χ1n) is 8.58. The highest BCUT2D eigenvalue weighted by Gasteiger charge is 2.32. The van der Waals surface area contributed by atoms with Crippen molar-refractivity contribution in [1.82, 2.24) is 19.7 Å². The van der Waals surface area contributed by atoms with Gasteiger partial charge in [-0.2, -0.15) is 0 Å². The second kappa shape index (κ2) is 8.32. The van der Waals surface area contributed by atoms with Crippen LogP contribution in [0.1, 0.15) is 10.9 Å². The van der Waals surface area contributed by atoms with Gasteiger partial charge in [0.1, 0.15) is 23.3 Å². The summed E-state index contributed by atoms with van der Waals surface area (Å²) in [5, 5.41) is 7.92. The van der Waals surface area contributed by atoms with Crippen LogP contribution in [0.4, 0.5) is 8.78 Å². The monoisotopic (exact) mass is 418 g/mol. The summed E-state index contributed by atoms with van der Waals surface area (Å²) < 4.78 is 29.7. The minimum absolute atomic E-state index is 0.110. The molecule has 1 saturated heterocycles. The van der Waals surface area contributed by atoms with E-state index in [4.69, 9.17) is 0 Å². The Morgan fingerprint density at radius 2 is 1.89 bits per heavy atom. The zero-order valence-electron chi connectivity index (χ0n) is 14.7. The van der Waals surface area contributed by atoms with Gasteiger partial charge in [-0.15, -0.1) is 22.0 Å². The molecule has 2 aromatic carbocycles. The molecule has 0 N–H and O–H groups in total. The van der Waals surface area contributed by atoms with Gasteiger partial charge >= 0.3 is 0 Å². The predicted molar refractivity (Wildman–Crippen MR) is 105 cm³/mol. The molecule has 144 valence electrons. The molecule has 0 spiro atoms. The summed E-state index contributed by atoms with van der Waals surface area (Å²) >= 11 is 2.73. The van der Waals surface area contributed by atoms with Gasteiger partial charge in [-0.05, 0) is 18.2 Å². The van der Waals surface area contributed by atoms with E-state index in [1.54, 1.807) is 53.1 Å². The molecule has 1 aliphatic heterocycles. The standard InChI is InChI=1S/C19H16F2N4OS2/c20-14-6-2-1-5-13(14)18-24(9-10-27-18)17(26)11-28-19-23-22-12-25(19)16-8-4-3-7-15(16)21/h1-8,12,18H,9-11H2/t18-/m0/s1. The molecule has 28 heavy (non-hydrogen) atoms. The molecule has 5 nitrogen and oxygen atoms in total. The van der Waals surface area contributed by atoms with Gasteiger partial charge in [-0.3, -0.25) is 9.36 Å². The number of rotatable bonds is 5. The zero-order valence-corrected chi connectivity index (χ0v) is 16.3. The van der Waals surface area contributed by atoms with Crippen molar-refractivity contribution in [2.24, 2.45) is 0 Å². The number of para-hydroxylation sites is 1. The summed E-state index contributed by atoms with van der Waals surface area (Å²) in [4.78, 5) is 14.5. The summed E-state index contributed by atoms with van der Waals surface area (Å²) in [5.74, 6) is 0.0310. The lowest BCUT2D eigenvalue weighted by molar-refractivity contribution is -0.128. The molecule has 0 aliphatic carbocycles. The van der Waals surface area contributed by atoms with Crippen LogP contribution in [-0.2, 0) is 4.79 Å². The third-order valence-electron chi connectivity index (χ3n) is 4.34. The van der Waals surface area contributed by atoms with E-state index in [0.29, 0.717) is 23.0 Å². The number of amides is 1. The largest absolute Gasteiger partial charge is 0.325 e. The Kier molecular flexibility index (Phi) is 5.63. The quantitative estimate of drug-likeness (QED) is 0.588. The average molecular weight is 418 g/mol. The molecule has 9 heteroatoms. The van der Waals surface area contributed by atoms with E-state index in [0.717, 1.165) is 5.75 Å². The summed E-state index contributed by atoms with van der Waals surface area (Å²) in [5.41, 5.74) is 0.835. The molecule has 3 aromatic rings. The fourth-order valence-corrected chi connectivity index (χ4v) is 5.11.